The molecule has 5 nitrogen and oxygen atoms in total. The Balaban J connectivity index is 1.89. The second-order valence-electron chi connectivity index (χ2n) is 4.38. The van der Waals surface area contributed by atoms with Gasteiger partial charge in [-0.3, -0.25) is 10.1 Å². The Morgan fingerprint density at radius 3 is 3.00 bits per heavy atom. The fraction of sp³-hybridized carbons (Fsp3) is 0.0714. The van der Waals surface area contributed by atoms with E-state index in [2.05, 4.69) is 15.3 Å². The summed E-state index contributed by atoms with van der Waals surface area (Å²) in [6.07, 6.45) is 1.55. The SMILES string of the molecule is Cc1ccc2nc(NC(=O)c3cccnc3N)sc2c1. The average molecular weight is 284 g/mol. The van der Waals surface area contributed by atoms with Crippen molar-refractivity contribution in [2.45, 2.75) is 6.92 Å². The number of rotatable bonds is 2. The van der Waals surface area contributed by atoms with E-state index in [1.165, 1.54) is 11.3 Å². The van der Waals surface area contributed by atoms with Gasteiger partial charge in [0.25, 0.3) is 5.91 Å². The number of thiazole rings is 1. The summed E-state index contributed by atoms with van der Waals surface area (Å²) in [6.45, 7) is 2.02. The van der Waals surface area contributed by atoms with E-state index in [0.717, 1.165) is 15.8 Å². The van der Waals surface area contributed by atoms with E-state index in [-0.39, 0.29) is 11.7 Å². The van der Waals surface area contributed by atoms with Gasteiger partial charge in [-0.25, -0.2) is 9.97 Å². The molecular formula is C14H12N4OS. The van der Waals surface area contributed by atoms with Gasteiger partial charge in [-0.15, -0.1) is 0 Å². The van der Waals surface area contributed by atoms with Crippen molar-refractivity contribution in [3.63, 3.8) is 0 Å². The topological polar surface area (TPSA) is 80.9 Å². The maximum atomic E-state index is 12.1. The molecule has 0 aliphatic heterocycles. The Morgan fingerprint density at radius 1 is 1.35 bits per heavy atom. The van der Waals surface area contributed by atoms with Crippen molar-refractivity contribution in [1.29, 1.82) is 0 Å². The number of nitrogens with zero attached hydrogens (tertiary/aromatic N) is 2. The van der Waals surface area contributed by atoms with Crippen LogP contribution in [0, 0.1) is 6.92 Å². The largest absolute Gasteiger partial charge is 0.383 e. The Labute approximate surface area is 119 Å². The lowest BCUT2D eigenvalue weighted by atomic mass is 10.2. The van der Waals surface area contributed by atoms with Crippen LogP contribution in [0.1, 0.15) is 15.9 Å². The van der Waals surface area contributed by atoms with Crippen LogP contribution in [0.4, 0.5) is 10.9 Å². The van der Waals surface area contributed by atoms with Crippen LogP contribution in [0.15, 0.2) is 36.5 Å². The summed E-state index contributed by atoms with van der Waals surface area (Å²) < 4.78 is 1.04. The number of nitrogen functional groups attached to an aromatic ring is 1. The van der Waals surface area contributed by atoms with E-state index in [9.17, 15) is 4.79 Å². The van der Waals surface area contributed by atoms with Crippen molar-refractivity contribution in [2.75, 3.05) is 11.1 Å². The molecule has 0 spiro atoms. The highest BCUT2D eigenvalue weighted by molar-refractivity contribution is 7.22. The molecular weight excluding hydrogens is 272 g/mol. The van der Waals surface area contributed by atoms with Gasteiger partial charge in [0.05, 0.1) is 15.8 Å². The second-order valence-corrected chi connectivity index (χ2v) is 5.41. The number of pyridine rings is 1. The number of nitrogens with two attached hydrogens (primary N) is 1. The molecule has 0 saturated carbocycles. The fourth-order valence-corrected chi connectivity index (χ4v) is 2.82. The number of carbonyl (C=O) groups excluding carboxylic acids is 1. The van der Waals surface area contributed by atoms with Gasteiger partial charge in [-0.2, -0.15) is 0 Å². The lowest BCUT2D eigenvalue weighted by Crippen LogP contribution is -2.14. The van der Waals surface area contributed by atoms with E-state index in [0.29, 0.717) is 10.7 Å². The molecule has 0 unspecified atom stereocenters. The van der Waals surface area contributed by atoms with E-state index >= 15 is 0 Å². The fourth-order valence-electron chi connectivity index (χ4n) is 1.86. The average Bonchev–Trinajstić information content (AvgIpc) is 2.80. The number of fused-ring (bicyclic) bond motifs is 1. The molecule has 0 bridgehead atoms. The van der Waals surface area contributed by atoms with Crippen LogP contribution in [0.5, 0.6) is 0 Å². The van der Waals surface area contributed by atoms with Crippen molar-refractivity contribution in [3.8, 4) is 0 Å². The van der Waals surface area contributed by atoms with E-state index < -0.39 is 0 Å². The summed E-state index contributed by atoms with van der Waals surface area (Å²) in [6, 6.07) is 9.28. The molecule has 0 fully saturated rings. The molecule has 2 aromatic heterocycles. The molecule has 0 aliphatic carbocycles. The monoisotopic (exact) mass is 284 g/mol. The maximum Gasteiger partial charge on any atom is 0.261 e. The molecule has 3 rings (SSSR count). The van der Waals surface area contributed by atoms with E-state index in [1.54, 1.807) is 18.3 Å². The number of anilines is 2. The Kier molecular flexibility index (Phi) is 3.08. The summed E-state index contributed by atoms with van der Waals surface area (Å²) in [5, 5.41) is 3.31. The Morgan fingerprint density at radius 2 is 2.20 bits per heavy atom. The predicted octanol–water partition coefficient (Wildman–Crippen LogP) is 2.83. The molecule has 3 N–H and O–H groups in total. The summed E-state index contributed by atoms with van der Waals surface area (Å²) >= 11 is 1.44. The standard InChI is InChI=1S/C14H12N4OS/c1-8-4-5-10-11(7-8)20-14(17-10)18-13(19)9-3-2-6-16-12(9)15/h2-7H,1H3,(H2,15,16)(H,17,18,19). The molecule has 0 aliphatic rings. The van der Waals surface area contributed by atoms with Crippen molar-refractivity contribution in [3.05, 3.63) is 47.7 Å². The lowest BCUT2D eigenvalue weighted by molar-refractivity contribution is 0.102. The van der Waals surface area contributed by atoms with E-state index in [4.69, 9.17) is 5.73 Å². The number of amides is 1. The first-order chi connectivity index (χ1) is 9.63. The molecule has 0 saturated heterocycles. The zero-order valence-corrected chi connectivity index (χ0v) is 11.6. The lowest BCUT2D eigenvalue weighted by Gasteiger charge is -2.03. The molecule has 6 heteroatoms. The number of aromatic nitrogens is 2. The number of hydrogen-bond donors (Lipinski definition) is 2. The predicted molar refractivity (Wildman–Crippen MR) is 81.0 cm³/mol. The smallest absolute Gasteiger partial charge is 0.261 e. The van der Waals surface area contributed by atoms with Gasteiger partial charge in [-0.1, -0.05) is 17.4 Å². The molecule has 100 valence electrons. The van der Waals surface area contributed by atoms with Gasteiger partial charge in [-0.05, 0) is 36.8 Å². The normalized spacial score (nSPS) is 10.7. The summed E-state index contributed by atoms with van der Waals surface area (Å²) in [4.78, 5) is 20.4. The van der Waals surface area contributed by atoms with Crippen molar-refractivity contribution < 1.29 is 4.79 Å². The van der Waals surface area contributed by atoms with Crippen molar-refractivity contribution in [2.24, 2.45) is 0 Å². The Hall–Kier alpha value is -2.47. The zero-order chi connectivity index (χ0) is 14.1. The van der Waals surface area contributed by atoms with Crippen molar-refractivity contribution >= 4 is 38.4 Å². The van der Waals surface area contributed by atoms with Crippen LogP contribution in [0.25, 0.3) is 10.2 Å². The molecule has 3 aromatic rings. The van der Waals surface area contributed by atoms with Crippen LogP contribution >= 0.6 is 11.3 Å². The highest BCUT2D eigenvalue weighted by Crippen LogP contribution is 2.27. The zero-order valence-electron chi connectivity index (χ0n) is 10.8. The van der Waals surface area contributed by atoms with E-state index in [1.807, 2.05) is 25.1 Å². The molecule has 0 atom stereocenters. The van der Waals surface area contributed by atoms with Crippen LogP contribution in [-0.4, -0.2) is 15.9 Å². The van der Waals surface area contributed by atoms with Crippen LogP contribution < -0.4 is 11.1 Å². The third-order valence-corrected chi connectivity index (χ3v) is 3.78. The van der Waals surface area contributed by atoms with Gasteiger partial charge in [0.2, 0.25) is 0 Å². The minimum atomic E-state index is -0.300. The van der Waals surface area contributed by atoms with Gasteiger partial charge in [0.15, 0.2) is 5.13 Å². The molecule has 20 heavy (non-hydrogen) atoms. The highest BCUT2D eigenvalue weighted by Gasteiger charge is 2.12. The molecule has 2 heterocycles. The first kappa shape index (κ1) is 12.6. The first-order valence-corrected chi connectivity index (χ1v) is 6.84. The minimum absolute atomic E-state index is 0.210. The summed E-state index contributed by atoms with van der Waals surface area (Å²) in [5.41, 5.74) is 8.06. The van der Waals surface area contributed by atoms with Gasteiger partial charge >= 0.3 is 0 Å². The van der Waals surface area contributed by atoms with Gasteiger partial charge < -0.3 is 5.73 Å². The highest BCUT2D eigenvalue weighted by atomic mass is 32.1. The Bertz CT molecular complexity index is 797. The minimum Gasteiger partial charge on any atom is -0.383 e. The van der Waals surface area contributed by atoms with Crippen LogP contribution in [-0.2, 0) is 0 Å². The molecule has 1 aromatic carbocycles. The number of benzene rings is 1. The number of aryl methyl sites for hydroxylation is 1. The molecule has 0 radical (unpaired) electrons. The summed E-state index contributed by atoms with van der Waals surface area (Å²) in [5.74, 6) is -0.0895. The van der Waals surface area contributed by atoms with Crippen molar-refractivity contribution in [1.82, 2.24) is 9.97 Å². The quantitative estimate of drug-likeness (QED) is 0.758. The third kappa shape index (κ3) is 2.33. The first-order valence-electron chi connectivity index (χ1n) is 6.02. The maximum absolute atomic E-state index is 12.1. The third-order valence-electron chi connectivity index (χ3n) is 2.85. The number of hydrogen-bond acceptors (Lipinski definition) is 5. The summed E-state index contributed by atoms with van der Waals surface area (Å²) in [7, 11) is 0. The number of nitrogens with one attached hydrogen (secondary N) is 1. The second kappa shape index (κ2) is 4.90. The van der Waals surface area contributed by atoms with Crippen LogP contribution in [0.3, 0.4) is 0 Å². The molecule has 1 amide bonds. The van der Waals surface area contributed by atoms with Gasteiger partial charge in [0, 0.05) is 6.20 Å². The van der Waals surface area contributed by atoms with Gasteiger partial charge in [0.1, 0.15) is 5.82 Å². The van der Waals surface area contributed by atoms with Crippen LogP contribution in [0.2, 0.25) is 0 Å². The number of carbonyl (C=O) groups is 1.